The molecule has 3 fully saturated rings. The van der Waals surface area contributed by atoms with Crippen molar-refractivity contribution in [1.82, 2.24) is 4.90 Å². The third-order valence-corrected chi connectivity index (χ3v) is 3.44. The summed E-state index contributed by atoms with van der Waals surface area (Å²) in [5.41, 5.74) is 0. The molecule has 0 aromatic rings. The van der Waals surface area contributed by atoms with Gasteiger partial charge in [0.1, 0.15) is 0 Å². The van der Waals surface area contributed by atoms with Crippen molar-refractivity contribution in [2.24, 2.45) is 0 Å². The molecule has 0 saturated carbocycles. The van der Waals surface area contributed by atoms with Crippen molar-refractivity contribution < 1.29 is 5.11 Å². The van der Waals surface area contributed by atoms with Gasteiger partial charge in [-0.15, -0.1) is 0 Å². The first-order valence-electron chi connectivity index (χ1n) is 4.30. The van der Waals surface area contributed by atoms with Gasteiger partial charge >= 0.3 is 0 Å². The first-order valence-corrected chi connectivity index (χ1v) is 4.30. The zero-order chi connectivity index (χ0) is 6.72. The second-order valence-electron chi connectivity index (χ2n) is 4.01. The third kappa shape index (κ3) is 0.487. The summed E-state index contributed by atoms with van der Waals surface area (Å²) < 4.78 is 0. The van der Waals surface area contributed by atoms with E-state index in [1.807, 2.05) is 0 Å². The third-order valence-electron chi connectivity index (χ3n) is 3.44. The van der Waals surface area contributed by atoms with Gasteiger partial charge in [0, 0.05) is 18.1 Å². The van der Waals surface area contributed by atoms with E-state index in [1.165, 1.54) is 12.8 Å². The molecule has 0 radical (unpaired) electrons. The second-order valence-corrected chi connectivity index (χ2v) is 4.01. The Labute approximate surface area is 60.8 Å². The lowest BCUT2D eigenvalue weighted by atomic mass is 9.69. The molecule has 1 N–H and O–H groups in total. The van der Waals surface area contributed by atoms with E-state index in [1.54, 1.807) is 0 Å². The molecule has 3 aliphatic heterocycles. The zero-order valence-electron chi connectivity index (χ0n) is 6.03. The van der Waals surface area contributed by atoms with Crippen molar-refractivity contribution in [2.45, 2.75) is 49.9 Å². The number of piperidine rings is 2. The van der Waals surface area contributed by atoms with Crippen molar-refractivity contribution in [1.29, 1.82) is 0 Å². The number of aliphatic hydroxyl groups is 1. The molecule has 0 aliphatic carbocycles. The van der Waals surface area contributed by atoms with Crippen LogP contribution in [0.1, 0.15) is 25.7 Å². The largest absolute Gasteiger partial charge is 0.393 e. The fourth-order valence-corrected chi connectivity index (χ4v) is 2.99. The fraction of sp³-hybridized carbons (Fsp3) is 1.00. The predicted octanol–water partition coefficient (Wildman–Crippen LogP) is 0.356. The molecule has 3 heterocycles. The lowest BCUT2D eigenvalue weighted by Crippen LogP contribution is -2.73. The molecule has 0 amide bonds. The van der Waals surface area contributed by atoms with Crippen molar-refractivity contribution in [2.75, 3.05) is 0 Å². The van der Waals surface area contributed by atoms with Crippen LogP contribution < -0.4 is 0 Å². The molecule has 2 nitrogen and oxygen atoms in total. The van der Waals surface area contributed by atoms with E-state index in [0.29, 0.717) is 0 Å². The summed E-state index contributed by atoms with van der Waals surface area (Å²) in [6.45, 7) is 0. The average Bonchev–Trinajstić information content (AvgIpc) is 1.78. The van der Waals surface area contributed by atoms with Crippen LogP contribution in [0.25, 0.3) is 0 Å². The SMILES string of the molecule is OC1C[C@@H]2CC3C[C@H](C1)N32. The Hall–Kier alpha value is -0.0800. The van der Waals surface area contributed by atoms with Crippen LogP contribution in [-0.2, 0) is 0 Å². The highest BCUT2D eigenvalue weighted by atomic mass is 16.3. The van der Waals surface area contributed by atoms with Crippen LogP contribution >= 0.6 is 0 Å². The molecule has 0 bridgehead atoms. The Balaban J connectivity index is 1.80. The summed E-state index contributed by atoms with van der Waals surface area (Å²) in [6, 6.07) is 2.47. The van der Waals surface area contributed by atoms with Gasteiger partial charge in [0.15, 0.2) is 0 Å². The van der Waals surface area contributed by atoms with E-state index >= 15 is 0 Å². The van der Waals surface area contributed by atoms with Gasteiger partial charge in [0.05, 0.1) is 6.10 Å². The van der Waals surface area contributed by atoms with E-state index < -0.39 is 0 Å². The lowest BCUT2D eigenvalue weighted by Gasteiger charge is -2.65. The molecule has 3 rings (SSSR count). The summed E-state index contributed by atoms with van der Waals surface area (Å²) in [7, 11) is 0. The smallest absolute Gasteiger partial charge is 0.0570 e. The van der Waals surface area contributed by atoms with Gasteiger partial charge in [-0.2, -0.15) is 0 Å². The number of hydrogen-bond acceptors (Lipinski definition) is 2. The van der Waals surface area contributed by atoms with E-state index in [4.69, 9.17) is 0 Å². The fourth-order valence-electron chi connectivity index (χ4n) is 2.99. The van der Waals surface area contributed by atoms with Gasteiger partial charge in [-0.05, 0) is 25.7 Å². The Morgan fingerprint density at radius 2 is 1.40 bits per heavy atom. The van der Waals surface area contributed by atoms with Crippen LogP contribution in [0.5, 0.6) is 0 Å². The maximum atomic E-state index is 9.40. The van der Waals surface area contributed by atoms with Crippen LogP contribution in [0.2, 0.25) is 0 Å². The van der Waals surface area contributed by atoms with Crippen LogP contribution in [0, 0.1) is 0 Å². The molecular weight excluding hydrogens is 126 g/mol. The minimum absolute atomic E-state index is 0.0208. The minimum atomic E-state index is 0.0208. The highest BCUT2D eigenvalue weighted by Crippen LogP contribution is 2.48. The molecular formula is C8H13NO. The van der Waals surface area contributed by atoms with Gasteiger partial charge in [-0.3, -0.25) is 4.90 Å². The first kappa shape index (κ1) is 5.56. The Kier molecular flexibility index (Phi) is 0.868. The molecule has 0 spiro atoms. The van der Waals surface area contributed by atoms with Gasteiger partial charge in [-0.1, -0.05) is 0 Å². The molecule has 2 heteroatoms. The molecule has 0 aromatic heterocycles. The van der Waals surface area contributed by atoms with Gasteiger partial charge in [0.25, 0.3) is 0 Å². The zero-order valence-corrected chi connectivity index (χ0v) is 6.03. The monoisotopic (exact) mass is 139 g/mol. The number of rotatable bonds is 0. The quantitative estimate of drug-likeness (QED) is 0.523. The standard InChI is InChI=1S/C8H13NO/c10-8-3-6-1-5-2-7(4-8)9(5)6/h5-8,10H,1-4H2/t5?,6-,7+,8?. The van der Waals surface area contributed by atoms with Crippen molar-refractivity contribution in [3.8, 4) is 0 Å². The van der Waals surface area contributed by atoms with E-state index in [0.717, 1.165) is 31.0 Å². The maximum absolute atomic E-state index is 9.40. The van der Waals surface area contributed by atoms with Gasteiger partial charge in [-0.25, -0.2) is 0 Å². The second kappa shape index (κ2) is 1.56. The summed E-state index contributed by atoms with van der Waals surface area (Å²) in [6.07, 6.45) is 4.86. The van der Waals surface area contributed by atoms with Crippen LogP contribution in [0.15, 0.2) is 0 Å². The molecule has 3 aliphatic rings. The van der Waals surface area contributed by atoms with Gasteiger partial charge in [0.2, 0.25) is 0 Å². The van der Waals surface area contributed by atoms with Gasteiger partial charge < -0.3 is 5.11 Å². The average molecular weight is 139 g/mol. The van der Waals surface area contributed by atoms with E-state index in [-0.39, 0.29) is 6.10 Å². The summed E-state index contributed by atoms with van der Waals surface area (Å²) in [5, 5.41) is 9.40. The van der Waals surface area contributed by atoms with Crippen molar-refractivity contribution in [3.63, 3.8) is 0 Å². The Bertz CT molecular complexity index is 155. The maximum Gasteiger partial charge on any atom is 0.0570 e. The lowest BCUT2D eigenvalue weighted by molar-refractivity contribution is -0.170. The van der Waals surface area contributed by atoms with Crippen LogP contribution in [0.3, 0.4) is 0 Å². The Morgan fingerprint density at radius 3 is 1.90 bits per heavy atom. The van der Waals surface area contributed by atoms with Crippen LogP contribution in [0.4, 0.5) is 0 Å². The number of hydrogen-bond donors (Lipinski definition) is 1. The normalized spacial score (nSPS) is 58.5. The highest BCUT2D eigenvalue weighted by molar-refractivity contribution is 5.10. The highest BCUT2D eigenvalue weighted by Gasteiger charge is 2.54. The topological polar surface area (TPSA) is 23.5 Å². The van der Waals surface area contributed by atoms with Crippen molar-refractivity contribution in [3.05, 3.63) is 0 Å². The Morgan fingerprint density at radius 1 is 0.900 bits per heavy atom. The molecule has 56 valence electrons. The van der Waals surface area contributed by atoms with Crippen LogP contribution in [-0.4, -0.2) is 34.2 Å². The summed E-state index contributed by atoms with van der Waals surface area (Å²) in [5.74, 6) is 0. The predicted molar refractivity (Wildman–Crippen MR) is 37.7 cm³/mol. The minimum Gasteiger partial charge on any atom is -0.393 e. The molecule has 2 unspecified atom stereocenters. The molecule has 4 atom stereocenters. The number of nitrogens with zero attached hydrogens (tertiary/aromatic N) is 1. The summed E-state index contributed by atoms with van der Waals surface area (Å²) in [4.78, 5) is 2.60. The molecule has 3 saturated heterocycles. The van der Waals surface area contributed by atoms with Crippen molar-refractivity contribution >= 4 is 0 Å². The molecule has 0 aromatic carbocycles. The van der Waals surface area contributed by atoms with E-state index in [9.17, 15) is 5.11 Å². The summed E-state index contributed by atoms with van der Waals surface area (Å²) >= 11 is 0. The number of aliphatic hydroxyl groups excluding tert-OH is 1. The molecule has 10 heavy (non-hydrogen) atoms. The van der Waals surface area contributed by atoms with E-state index in [2.05, 4.69) is 4.90 Å². The first-order chi connectivity index (χ1) is 4.84.